The van der Waals surface area contributed by atoms with E-state index in [2.05, 4.69) is 37.0 Å². The van der Waals surface area contributed by atoms with Crippen LogP contribution in [0, 0.1) is 0 Å². The van der Waals surface area contributed by atoms with Crippen LogP contribution in [-0.4, -0.2) is 10.8 Å². The van der Waals surface area contributed by atoms with Gasteiger partial charge in [0.2, 0.25) is 0 Å². The maximum atomic E-state index is 11.6. The third kappa shape index (κ3) is 3.02. The summed E-state index contributed by atoms with van der Waals surface area (Å²) in [5.74, 6) is 0.801. The monoisotopic (exact) mass is 229 g/mol. The molecule has 2 nitrogen and oxygen atoms in total. The summed E-state index contributed by atoms with van der Waals surface area (Å²) in [7, 11) is 0. The number of carbonyl (C=O) groups excluding carboxylic acids is 1. The Kier molecular flexibility index (Phi) is 3.72. The van der Waals surface area contributed by atoms with E-state index in [-0.39, 0.29) is 0 Å². The number of hydrogen-bond acceptors (Lipinski definition) is 2. The highest BCUT2D eigenvalue weighted by atomic mass is 16.1. The first-order chi connectivity index (χ1) is 8.16. The van der Waals surface area contributed by atoms with Crippen molar-refractivity contribution in [2.75, 3.05) is 0 Å². The van der Waals surface area contributed by atoms with Crippen LogP contribution < -0.4 is 0 Å². The van der Waals surface area contributed by atoms with E-state index in [9.17, 15) is 4.79 Å². The zero-order chi connectivity index (χ0) is 12.3. The van der Waals surface area contributed by atoms with Gasteiger partial charge in [0.05, 0.1) is 0 Å². The zero-order valence-electron chi connectivity index (χ0n) is 10.6. The van der Waals surface area contributed by atoms with E-state index in [1.54, 1.807) is 0 Å². The summed E-state index contributed by atoms with van der Waals surface area (Å²) in [5.41, 5.74) is 3.36. The van der Waals surface area contributed by atoms with Crippen molar-refractivity contribution < 1.29 is 4.79 Å². The molecule has 1 aliphatic rings. The molecule has 0 bridgehead atoms. The van der Waals surface area contributed by atoms with Crippen LogP contribution in [0.4, 0.5) is 0 Å². The second-order valence-corrected chi connectivity index (χ2v) is 4.96. The number of aromatic nitrogens is 1. The normalized spacial score (nSPS) is 16.9. The topological polar surface area (TPSA) is 30.0 Å². The molecule has 1 aromatic heterocycles. The summed E-state index contributed by atoms with van der Waals surface area (Å²) in [4.78, 5) is 16.0. The molecule has 0 N–H and O–H groups in total. The van der Waals surface area contributed by atoms with Crippen LogP contribution >= 0.6 is 0 Å². The van der Waals surface area contributed by atoms with Crippen LogP contribution in [0.1, 0.15) is 56.7 Å². The van der Waals surface area contributed by atoms with Crippen molar-refractivity contribution in [3.05, 3.63) is 35.7 Å². The second-order valence-electron chi connectivity index (χ2n) is 4.96. The van der Waals surface area contributed by atoms with Gasteiger partial charge >= 0.3 is 0 Å². The fraction of sp³-hybridized carbons (Fsp3) is 0.467. The van der Waals surface area contributed by atoms with Crippen LogP contribution in [0.5, 0.6) is 0 Å². The molecule has 0 atom stereocenters. The molecule has 0 unspecified atom stereocenters. The van der Waals surface area contributed by atoms with E-state index in [1.807, 2.05) is 6.20 Å². The first-order valence-electron chi connectivity index (χ1n) is 6.34. The van der Waals surface area contributed by atoms with Crippen molar-refractivity contribution in [3.8, 4) is 0 Å². The Balaban J connectivity index is 2.21. The van der Waals surface area contributed by atoms with Gasteiger partial charge < -0.3 is 0 Å². The molecule has 0 radical (unpaired) electrons. The number of Topliss-reactive ketones (excluding diaryl/α,β-unsaturated/α-hetero) is 1. The maximum Gasteiger partial charge on any atom is 0.137 e. The molecule has 0 saturated carbocycles. The lowest BCUT2D eigenvalue weighted by molar-refractivity contribution is -0.118. The molecule has 0 amide bonds. The highest BCUT2D eigenvalue weighted by Gasteiger charge is 2.12. The lowest BCUT2D eigenvalue weighted by atomic mass is 10.0. The molecule has 2 rings (SSSR count). The van der Waals surface area contributed by atoms with E-state index in [1.165, 1.54) is 0 Å². The molecule has 17 heavy (non-hydrogen) atoms. The minimum absolute atomic E-state index is 0.349. The number of carbonyl (C=O) groups is 1. The van der Waals surface area contributed by atoms with Gasteiger partial charge in [0.15, 0.2) is 0 Å². The van der Waals surface area contributed by atoms with Gasteiger partial charge in [-0.1, -0.05) is 26.0 Å². The summed E-state index contributed by atoms with van der Waals surface area (Å²) in [6.07, 6.45) is 7.38. The molecule has 0 fully saturated rings. The Morgan fingerprint density at radius 2 is 2.12 bits per heavy atom. The van der Waals surface area contributed by atoms with E-state index in [0.29, 0.717) is 18.1 Å². The van der Waals surface area contributed by atoms with E-state index < -0.39 is 0 Å². The highest BCUT2D eigenvalue weighted by molar-refractivity contribution is 5.90. The molecule has 90 valence electrons. The minimum Gasteiger partial charge on any atom is -0.299 e. The molecule has 0 spiro atoms. The minimum atomic E-state index is 0.349. The summed E-state index contributed by atoms with van der Waals surface area (Å²) >= 11 is 0. The van der Waals surface area contributed by atoms with Gasteiger partial charge in [0.25, 0.3) is 0 Å². The third-order valence-electron chi connectivity index (χ3n) is 3.19. The van der Waals surface area contributed by atoms with Gasteiger partial charge in [-0.3, -0.25) is 9.78 Å². The predicted molar refractivity (Wildman–Crippen MR) is 69.8 cm³/mol. The first kappa shape index (κ1) is 12.0. The number of ketones is 1. The predicted octanol–water partition coefficient (Wildman–Crippen LogP) is 3.73. The fourth-order valence-electron chi connectivity index (χ4n) is 2.11. The van der Waals surface area contributed by atoms with Gasteiger partial charge in [-0.05, 0) is 36.0 Å². The number of pyridine rings is 1. The Hall–Kier alpha value is -1.44. The Morgan fingerprint density at radius 1 is 1.29 bits per heavy atom. The smallest absolute Gasteiger partial charge is 0.137 e. The van der Waals surface area contributed by atoms with Crippen molar-refractivity contribution in [1.29, 1.82) is 0 Å². The SMILES string of the molecule is CC(C)c1ccc(C2=CCCCC(=O)C2)cn1. The largest absolute Gasteiger partial charge is 0.299 e. The van der Waals surface area contributed by atoms with Crippen molar-refractivity contribution in [1.82, 2.24) is 4.98 Å². The highest BCUT2D eigenvalue weighted by Crippen LogP contribution is 2.24. The van der Waals surface area contributed by atoms with Crippen molar-refractivity contribution in [2.24, 2.45) is 0 Å². The molecular formula is C15H19NO. The summed E-state index contributed by atoms with van der Waals surface area (Å²) < 4.78 is 0. The standard InChI is InChI=1S/C15H19NO/c1-11(2)15-8-7-13(10-16-15)12-5-3-4-6-14(17)9-12/h5,7-8,10-11H,3-4,6,9H2,1-2H3. The molecule has 1 aromatic rings. The quantitative estimate of drug-likeness (QED) is 0.773. The molecule has 0 saturated heterocycles. The first-order valence-corrected chi connectivity index (χ1v) is 6.34. The van der Waals surface area contributed by atoms with Gasteiger partial charge in [-0.2, -0.15) is 0 Å². The lowest BCUT2D eigenvalue weighted by Gasteiger charge is -2.08. The van der Waals surface area contributed by atoms with Gasteiger partial charge in [0, 0.05) is 24.7 Å². The zero-order valence-corrected chi connectivity index (χ0v) is 10.6. The summed E-state index contributed by atoms with van der Waals surface area (Å²) in [5, 5.41) is 0. The third-order valence-corrected chi connectivity index (χ3v) is 3.19. The summed E-state index contributed by atoms with van der Waals surface area (Å²) in [6, 6.07) is 4.16. The molecule has 0 aliphatic heterocycles. The number of nitrogens with zero attached hydrogens (tertiary/aromatic N) is 1. The van der Waals surface area contributed by atoms with Crippen molar-refractivity contribution in [2.45, 2.75) is 45.4 Å². The number of hydrogen-bond donors (Lipinski definition) is 0. The van der Waals surface area contributed by atoms with Crippen LogP contribution in [0.2, 0.25) is 0 Å². The van der Waals surface area contributed by atoms with Gasteiger partial charge in [-0.15, -0.1) is 0 Å². The van der Waals surface area contributed by atoms with Crippen molar-refractivity contribution in [3.63, 3.8) is 0 Å². The molecular weight excluding hydrogens is 210 g/mol. The van der Waals surface area contributed by atoms with Crippen LogP contribution in [0.15, 0.2) is 24.4 Å². The maximum absolute atomic E-state index is 11.6. The average molecular weight is 229 g/mol. The fourth-order valence-corrected chi connectivity index (χ4v) is 2.11. The Labute approximate surface area is 103 Å². The Bertz CT molecular complexity index is 429. The lowest BCUT2D eigenvalue weighted by Crippen LogP contribution is -1.98. The van der Waals surface area contributed by atoms with Gasteiger partial charge in [-0.25, -0.2) is 0 Å². The van der Waals surface area contributed by atoms with Crippen LogP contribution in [0.3, 0.4) is 0 Å². The van der Waals surface area contributed by atoms with E-state index >= 15 is 0 Å². The average Bonchev–Trinajstić information content (AvgIpc) is 2.54. The molecule has 0 aromatic carbocycles. The Morgan fingerprint density at radius 3 is 2.76 bits per heavy atom. The van der Waals surface area contributed by atoms with E-state index in [0.717, 1.165) is 36.1 Å². The van der Waals surface area contributed by atoms with Crippen molar-refractivity contribution >= 4 is 11.4 Å². The van der Waals surface area contributed by atoms with Crippen LogP contribution in [-0.2, 0) is 4.79 Å². The van der Waals surface area contributed by atoms with Crippen LogP contribution in [0.25, 0.3) is 5.57 Å². The summed E-state index contributed by atoms with van der Waals surface area (Å²) in [6.45, 7) is 4.27. The number of allylic oxidation sites excluding steroid dienone is 2. The second kappa shape index (κ2) is 5.26. The molecule has 1 aliphatic carbocycles. The molecule has 2 heteroatoms. The number of rotatable bonds is 2. The van der Waals surface area contributed by atoms with Gasteiger partial charge in [0.1, 0.15) is 5.78 Å². The molecule has 1 heterocycles. The van der Waals surface area contributed by atoms with E-state index in [4.69, 9.17) is 0 Å².